The van der Waals surface area contributed by atoms with Crippen LogP contribution in [-0.4, -0.2) is 43.0 Å². The van der Waals surface area contributed by atoms with Gasteiger partial charge in [0.25, 0.3) is 0 Å². The van der Waals surface area contributed by atoms with Crippen LogP contribution in [0, 0.1) is 5.92 Å². The molecule has 7 nitrogen and oxygen atoms in total. The predicted molar refractivity (Wildman–Crippen MR) is 126 cm³/mol. The number of amides is 1. The molecule has 2 atom stereocenters. The van der Waals surface area contributed by atoms with Gasteiger partial charge in [0.2, 0.25) is 5.91 Å². The molecule has 31 heavy (non-hydrogen) atoms. The summed E-state index contributed by atoms with van der Waals surface area (Å²) >= 11 is 0. The van der Waals surface area contributed by atoms with Crippen molar-refractivity contribution in [3.05, 3.63) is 59.8 Å². The molecule has 0 saturated carbocycles. The second kappa shape index (κ2) is 11.3. The van der Waals surface area contributed by atoms with Gasteiger partial charge in [-0.1, -0.05) is 36.4 Å². The first kappa shape index (κ1) is 22.6. The lowest BCUT2D eigenvalue weighted by atomic mass is 9.97. The van der Waals surface area contributed by atoms with Crippen molar-refractivity contribution in [2.24, 2.45) is 16.6 Å². The van der Waals surface area contributed by atoms with E-state index in [-0.39, 0.29) is 17.9 Å². The van der Waals surface area contributed by atoms with Crippen LogP contribution in [0.25, 0.3) is 0 Å². The highest BCUT2D eigenvalue weighted by Gasteiger charge is 2.26. The van der Waals surface area contributed by atoms with Gasteiger partial charge in [0.1, 0.15) is 5.82 Å². The molecule has 1 aliphatic rings. The van der Waals surface area contributed by atoms with Crippen molar-refractivity contribution in [3.63, 3.8) is 0 Å². The van der Waals surface area contributed by atoms with E-state index in [2.05, 4.69) is 62.8 Å². The fourth-order valence-electron chi connectivity index (χ4n) is 3.96. The third-order valence-corrected chi connectivity index (χ3v) is 5.75. The molecule has 1 fully saturated rings. The maximum atomic E-state index is 11.7. The molecule has 2 aromatic rings. The molecule has 1 aromatic heterocycles. The van der Waals surface area contributed by atoms with Crippen molar-refractivity contribution < 1.29 is 4.79 Å². The number of guanidine groups is 1. The van der Waals surface area contributed by atoms with Crippen molar-refractivity contribution >= 4 is 17.7 Å². The Bertz CT molecular complexity index is 869. The molecular formula is C24H34N6O. The second-order valence-corrected chi connectivity index (χ2v) is 8.17. The summed E-state index contributed by atoms with van der Waals surface area (Å²) in [4.78, 5) is 22.8. The standard InChI is InChI=1S/C24H34N6O/c1-18(12-13-19-8-4-3-5-9-19)29-24(26-2)28-16-20-10-6-14-27-23(20)30-15-7-11-21(17-30)22(25)31/h3-6,8-10,14,18,21H,7,11-13,15-17H2,1-2H3,(H2,25,31)(H2,26,28,29). The largest absolute Gasteiger partial charge is 0.369 e. The Kier molecular flexibility index (Phi) is 8.27. The number of nitrogens with zero attached hydrogens (tertiary/aromatic N) is 3. The SMILES string of the molecule is CN=C(NCc1cccnc1N1CCCC(C(N)=O)C1)NC(C)CCc1ccccc1. The number of nitrogens with two attached hydrogens (primary N) is 1. The van der Waals surface area contributed by atoms with Gasteiger partial charge in [-0.15, -0.1) is 0 Å². The number of aliphatic imine (C=N–C) groups is 1. The fourth-order valence-corrected chi connectivity index (χ4v) is 3.96. The van der Waals surface area contributed by atoms with Gasteiger partial charge in [-0.25, -0.2) is 4.98 Å². The zero-order chi connectivity index (χ0) is 22.1. The smallest absolute Gasteiger partial charge is 0.222 e. The number of benzene rings is 1. The monoisotopic (exact) mass is 422 g/mol. The van der Waals surface area contributed by atoms with E-state index >= 15 is 0 Å². The number of hydrogen-bond acceptors (Lipinski definition) is 4. The molecule has 1 aliphatic heterocycles. The Balaban J connectivity index is 1.55. The number of hydrogen-bond donors (Lipinski definition) is 3. The highest BCUT2D eigenvalue weighted by atomic mass is 16.1. The number of rotatable bonds is 8. The van der Waals surface area contributed by atoms with Gasteiger partial charge in [-0.2, -0.15) is 0 Å². The highest BCUT2D eigenvalue weighted by molar-refractivity contribution is 5.80. The van der Waals surface area contributed by atoms with Crippen molar-refractivity contribution in [1.82, 2.24) is 15.6 Å². The average Bonchev–Trinajstić information content (AvgIpc) is 2.81. The molecule has 1 saturated heterocycles. The van der Waals surface area contributed by atoms with Crippen LogP contribution in [0.1, 0.15) is 37.3 Å². The molecule has 0 radical (unpaired) electrons. The first-order valence-corrected chi connectivity index (χ1v) is 11.1. The molecule has 0 bridgehead atoms. The van der Waals surface area contributed by atoms with E-state index in [1.807, 2.05) is 12.1 Å². The summed E-state index contributed by atoms with van der Waals surface area (Å²) in [5.74, 6) is 1.34. The van der Waals surface area contributed by atoms with Gasteiger partial charge < -0.3 is 21.3 Å². The van der Waals surface area contributed by atoms with Gasteiger partial charge in [0.15, 0.2) is 5.96 Å². The van der Waals surface area contributed by atoms with E-state index < -0.39 is 0 Å². The Morgan fingerprint density at radius 1 is 1.29 bits per heavy atom. The predicted octanol–water partition coefficient (Wildman–Crippen LogP) is 2.47. The zero-order valence-electron chi connectivity index (χ0n) is 18.6. The first-order valence-electron chi connectivity index (χ1n) is 11.1. The van der Waals surface area contributed by atoms with Crippen LogP contribution in [0.15, 0.2) is 53.7 Å². The number of primary amides is 1. The molecule has 4 N–H and O–H groups in total. The number of pyridine rings is 1. The lowest BCUT2D eigenvalue weighted by Crippen LogP contribution is -2.43. The number of aryl methyl sites for hydroxylation is 1. The molecule has 2 unspecified atom stereocenters. The van der Waals surface area contributed by atoms with E-state index in [1.165, 1.54) is 5.56 Å². The highest BCUT2D eigenvalue weighted by Crippen LogP contribution is 2.24. The Hall–Kier alpha value is -3.09. The Morgan fingerprint density at radius 3 is 2.84 bits per heavy atom. The van der Waals surface area contributed by atoms with Crippen LogP contribution in [-0.2, 0) is 17.8 Å². The van der Waals surface area contributed by atoms with Gasteiger partial charge in [-0.05, 0) is 44.2 Å². The zero-order valence-corrected chi connectivity index (χ0v) is 18.6. The molecule has 3 rings (SSSR count). The van der Waals surface area contributed by atoms with E-state index in [1.54, 1.807) is 13.2 Å². The summed E-state index contributed by atoms with van der Waals surface area (Å²) in [5.41, 5.74) is 7.97. The summed E-state index contributed by atoms with van der Waals surface area (Å²) in [6, 6.07) is 14.8. The number of carbonyl (C=O) groups is 1. The molecular weight excluding hydrogens is 388 g/mol. The minimum absolute atomic E-state index is 0.114. The van der Waals surface area contributed by atoms with Crippen LogP contribution < -0.4 is 21.3 Å². The normalized spacial score (nSPS) is 17.8. The van der Waals surface area contributed by atoms with Gasteiger partial charge in [0.05, 0.1) is 5.92 Å². The minimum Gasteiger partial charge on any atom is -0.369 e. The van der Waals surface area contributed by atoms with Crippen LogP contribution in [0.4, 0.5) is 5.82 Å². The molecule has 1 aromatic carbocycles. The first-order chi connectivity index (χ1) is 15.1. The number of piperidine rings is 1. The van der Waals surface area contributed by atoms with Crippen molar-refractivity contribution in [2.45, 2.75) is 45.2 Å². The van der Waals surface area contributed by atoms with Crippen LogP contribution in [0.3, 0.4) is 0 Å². The van der Waals surface area contributed by atoms with Crippen molar-refractivity contribution in [2.75, 3.05) is 25.0 Å². The number of nitrogens with one attached hydrogen (secondary N) is 2. The fraction of sp³-hybridized carbons (Fsp3) is 0.458. The molecule has 0 spiro atoms. The molecule has 0 aliphatic carbocycles. The summed E-state index contributed by atoms with van der Waals surface area (Å²) in [5, 5.41) is 6.88. The van der Waals surface area contributed by atoms with E-state index in [0.29, 0.717) is 13.1 Å². The third kappa shape index (κ3) is 6.70. The van der Waals surface area contributed by atoms with Crippen molar-refractivity contribution in [3.8, 4) is 0 Å². The third-order valence-electron chi connectivity index (χ3n) is 5.75. The molecule has 1 amide bonds. The maximum Gasteiger partial charge on any atom is 0.222 e. The van der Waals surface area contributed by atoms with E-state index in [4.69, 9.17) is 5.73 Å². The lowest BCUT2D eigenvalue weighted by molar-refractivity contribution is -0.122. The Labute approximate surface area is 185 Å². The van der Waals surface area contributed by atoms with E-state index in [9.17, 15) is 4.79 Å². The second-order valence-electron chi connectivity index (χ2n) is 8.17. The minimum atomic E-state index is -0.227. The summed E-state index contributed by atoms with van der Waals surface area (Å²) in [7, 11) is 1.78. The van der Waals surface area contributed by atoms with Crippen molar-refractivity contribution in [1.29, 1.82) is 0 Å². The molecule has 166 valence electrons. The van der Waals surface area contributed by atoms with Crippen LogP contribution in [0.5, 0.6) is 0 Å². The number of carbonyl (C=O) groups excluding carboxylic acids is 1. The molecule has 2 heterocycles. The molecule has 7 heteroatoms. The quantitative estimate of drug-likeness (QED) is 0.449. The van der Waals surface area contributed by atoms with Crippen LogP contribution >= 0.6 is 0 Å². The maximum absolute atomic E-state index is 11.7. The number of aromatic nitrogens is 1. The van der Waals surface area contributed by atoms with Crippen LogP contribution in [0.2, 0.25) is 0 Å². The Morgan fingerprint density at radius 2 is 2.10 bits per heavy atom. The lowest BCUT2D eigenvalue weighted by Gasteiger charge is -2.33. The average molecular weight is 423 g/mol. The van der Waals surface area contributed by atoms with E-state index in [0.717, 1.165) is 49.6 Å². The van der Waals surface area contributed by atoms with Gasteiger partial charge in [0, 0.05) is 44.5 Å². The van der Waals surface area contributed by atoms with Gasteiger partial charge >= 0.3 is 0 Å². The summed E-state index contributed by atoms with van der Waals surface area (Å²) < 4.78 is 0. The topological polar surface area (TPSA) is 95.6 Å². The summed E-state index contributed by atoms with van der Waals surface area (Å²) in [6.45, 7) is 4.29. The number of anilines is 1. The summed E-state index contributed by atoms with van der Waals surface area (Å²) in [6.07, 6.45) is 5.63. The van der Waals surface area contributed by atoms with Gasteiger partial charge in [-0.3, -0.25) is 9.79 Å².